The zero-order valence-electron chi connectivity index (χ0n) is 17.3. The number of hydrogen-bond acceptors (Lipinski definition) is 5. The van der Waals surface area contributed by atoms with Crippen LogP contribution in [0.1, 0.15) is 58.4 Å². The molecule has 0 amide bonds. The molecule has 0 radical (unpaired) electrons. The van der Waals surface area contributed by atoms with E-state index < -0.39 is 0 Å². The highest BCUT2D eigenvalue weighted by Crippen LogP contribution is 2.46. The highest BCUT2D eigenvalue weighted by atomic mass is 32.2. The first kappa shape index (κ1) is 20.7. The maximum absolute atomic E-state index is 13.2. The molecule has 0 saturated carbocycles. The predicted octanol–water partition coefficient (Wildman–Crippen LogP) is 4.97. The lowest BCUT2D eigenvalue weighted by molar-refractivity contribution is -0.139. The van der Waals surface area contributed by atoms with E-state index in [1.54, 1.807) is 11.8 Å². The van der Waals surface area contributed by atoms with Crippen LogP contribution in [-0.2, 0) is 14.3 Å². The Morgan fingerprint density at radius 3 is 2.54 bits per heavy atom. The number of thioether (sulfide) groups is 1. The number of carbonyl (C=O) groups is 2. The summed E-state index contributed by atoms with van der Waals surface area (Å²) in [5.74, 6) is -0.596. The second kappa shape index (κ2) is 8.16. The van der Waals surface area contributed by atoms with Gasteiger partial charge in [-0.1, -0.05) is 32.9 Å². The molecule has 0 unspecified atom stereocenters. The lowest BCUT2D eigenvalue weighted by atomic mass is 9.68. The Balaban J connectivity index is 2.11. The molecule has 1 aliphatic carbocycles. The van der Waals surface area contributed by atoms with Gasteiger partial charge in [-0.05, 0) is 49.1 Å². The van der Waals surface area contributed by atoms with Crippen molar-refractivity contribution < 1.29 is 14.3 Å². The second-order valence-electron chi connectivity index (χ2n) is 8.34. The van der Waals surface area contributed by atoms with Crippen LogP contribution in [-0.4, -0.2) is 24.6 Å². The van der Waals surface area contributed by atoms with E-state index in [2.05, 4.69) is 19.2 Å². The Labute approximate surface area is 171 Å². The maximum atomic E-state index is 13.2. The summed E-state index contributed by atoms with van der Waals surface area (Å²) >= 11 is 1.67. The first-order valence-electron chi connectivity index (χ1n) is 9.82. The summed E-state index contributed by atoms with van der Waals surface area (Å²) in [6.07, 6.45) is 4.08. The van der Waals surface area contributed by atoms with Crippen LogP contribution in [0.5, 0.6) is 0 Å². The highest BCUT2D eigenvalue weighted by molar-refractivity contribution is 7.98. The zero-order valence-corrected chi connectivity index (χ0v) is 18.2. The molecule has 2 aliphatic rings. The molecule has 0 spiro atoms. The monoisotopic (exact) mass is 399 g/mol. The fraction of sp³-hybridized carbons (Fsp3) is 0.478. The molecule has 1 heterocycles. The summed E-state index contributed by atoms with van der Waals surface area (Å²) in [5.41, 5.74) is 3.88. The number of Topliss-reactive ketones (excluding diaryl/α,β-unsaturated/α-hetero) is 1. The molecule has 1 aromatic carbocycles. The van der Waals surface area contributed by atoms with Gasteiger partial charge < -0.3 is 10.1 Å². The molecule has 1 aliphatic heterocycles. The molecule has 150 valence electrons. The number of hydrogen-bond donors (Lipinski definition) is 1. The molecule has 28 heavy (non-hydrogen) atoms. The molecule has 1 N–H and O–H groups in total. The minimum Gasteiger partial charge on any atom is -0.462 e. The average molecular weight is 400 g/mol. The number of ether oxygens (including phenoxy) is 1. The number of dihydropyridines is 1. The molecular formula is C23H29NO3S. The second-order valence-corrected chi connectivity index (χ2v) is 9.22. The van der Waals surface area contributed by atoms with Crippen molar-refractivity contribution >= 4 is 23.5 Å². The van der Waals surface area contributed by atoms with Gasteiger partial charge >= 0.3 is 5.97 Å². The van der Waals surface area contributed by atoms with E-state index in [0.29, 0.717) is 18.6 Å². The molecule has 5 heteroatoms. The van der Waals surface area contributed by atoms with E-state index >= 15 is 0 Å². The largest absolute Gasteiger partial charge is 0.462 e. The lowest BCUT2D eigenvalue weighted by Gasteiger charge is -2.39. The smallest absolute Gasteiger partial charge is 0.336 e. The van der Waals surface area contributed by atoms with Gasteiger partial charge in [-0.2, -0.15) is 0 Å². The van der Waals surface area contributed by atoms with Crippen LogP contribution in [0, 0.1) is 5.41 Å². The molecule has 4 nitrogen and oxygen atoms in total. The lowest BCUT2D eigenvalue weighted by Crippen LogP contribution is -2.38. The Morgan fingerprint density at radius 1 is 1.25 bits per heavy atom. The summed E-state index contributed by atoms with van der Waals surface area (Å²) in [6.45, 7) is 8.48. The first-order valence-corrected chi connectivity index (χ1v) is 11.0. The van der Waals surface area contributed by atoms with Gasteiger partial charge in [-0.15, -0.1) is 11.8 Å². The highest BCUT2D eigenvalue weighted by Gasteiger charge is 2.43. The van der Waals surface area contributed by atoms with E-state index in [0.717, 1.165) is 40.3 Å². The van der Waals surface area contributed by atoms with Gasteiger partial charge in [0.15, 0.2) is 5.78 Å². The van der Waals surface area contributed by atoms with Gasteiger partial charge in [-0.3, -0.25) is 4.79 Å². The third kappa shape index (κ3) is 4.04. The van der Waals surface area contributed by atoms with Gasteiger partial charge in [0.1, 0.15) is 0 Å². The van der Waals surface area contributed by atoms with Crippen LogP contribution in [0.4, 0.5) is 0 Å². The van der Waals surface area contributed by atoms with Gasteiger partial charge in [0.05, 0.1) is 12.2 Å². The van der Waals surface area contributed by atoms with Crippen LogP contribution in [0.15, 0.2) is 51.7 Å². The van der Waals surface area contributed by atoms with E-state index in [9.17, 15) is 9.59 Å². The van der Waals surface area contributed by atoms with Crippen molar-refractivity contribution in [2.45, 2.75) is 57.8 Å². The van der Waals surface area contributed by atoms with Crippen molar-refractivity contribution in [3.05, 3.63) is 52.4 Å². The summed E-state index contributed by atoms with van der Waals surface area (Å²) in [4.78, 5) is 27.2. The molecule has 0 aromatic heterocycles. The number of carbonyl (C=O) groups excluding carboxylic acids is 2. The van der Waals surface area contributed by atoms with Gasteiger partial charge in [0.2, 0.25) is 0 Å². The number of allylic oxidation sites excluding steroid dienone is 3. The molecule has 0 saturated heterocycles. The van der Waals surface area contributed by atoms with Crippen molar-refractivity contribution in [1.29, 1.82) is 0 Å². The molecule has 1 atom stereocenters. The third-order valence-corrected chi connectivity index (χ3v) is 6.09. The summed E-state index contributed by atoms with van der Waals surface area (Å²) in [7, 11) is 0. The summed E-state index contributed by atoms with van der Waals surface area (Å²) < 4.78 is 5.48. The van der Waals surface area contributed by atoms with Crippen LogP contribution in [0.3, 0.4) is 0 Å². The number of ketones is 1. The van der Waals surface area contributed by atoms with Crippen LogP contribution < -0.4 is 5.32 Å². The first-order chi connectivity index (χ1) is 13.3. The number of nitrogens with one attached hydrogen (secondary N) is 1. The van der Waals surface area contributed by atoms with Crippen molar-refractivity contribution in [2.75, 3.05) is 12.9 Å². The van der Waals surface area contributed by atoms with Crippen molar-refractivity contribution in [2.24, 2.45) is 5.41 Å². The number of rotatable bonds is 5. The average Bonchev–Trinajstić information content (AvgIpc) is 2.64. The van der Waals surface area contributed by atoms with Crippen LogP contribution in [0.2, 0.25) is 0 Å². The standard InChI is InChI=1S/C23H29NO3S/c1-6-11-27-22(26)19-14(2)24-17-12-23(3,4)13-18(25)21(17)20(19)15-7-9-16(28-5)10-8-15/h7-10,20,24H,6,11-13H2,1-5H3/t20-/m1/s1. The summed E-state index contributed by atoms with van der Waals surface area (Å²) in [6, 6.07) is 8.15. The minimum atomic E-state index is -0.375. The maximum Gasteiger partial charge on any atom is 0.336 e. The quantitative estimate of drug-likeness (QED) is 0.560. The van der Waals surface area contributed by atoms with E-state index in [1.807, 2.05) is 44.4 Å². The fourth-order valence-corrected chi connectivity index (χ4v) is 4.52. The van der Waals surface area contributed by atoms with Gasteiger partial charge in [0.25, 0.3) is 0 Å². The topological polar surface area (TPSA) is 55.4 Å². The van der Waals surface area contributed by atoms with Crippen LogP contribution >= 0.6 is 11.8 Å². The number of benzene rings is 1. The predicted molar refractivity (Wildman–Crippen MR) is 113 cm³/mol. The SMILES string of the molecule is CCCOC(=O)C1=C(C)NC2=C(C(=O)CC(C)(C)C2)[C@@H]1c1ccc(SC)cc1. The fourth-order valence-electron chi connectivity index (χ4n) is 4.11. The Bertz CT molecular complexity index is 849. The third-order valence-electron chi connectivity index (χ3n) is 5.35. The van der Waals surface area contributed by atoms with Crippen molar-refractivity contribution in [3.63, 3.8) is 0 Å². The molecular weight excluding hydrogens is 370 g/mol. The van der Waals surface area contributed by atoms with Crippen molar-refractivity contribution in [3.8, 4) is 0 Å². The normalized spacial score (nSPS) is 21.3. The van der Waals surface area contributed by atoms with E-state index in [-0.39, 0.29) is 23.1 Å². The van der Waals surface area contributed by atoms with E-state index in [1.165, 1.54) is 0 Å². The van der Waals surface area contributed by atoms with E-state index in [4.69, 9.17) is 4.74 Å². The molecule has 3 rings (SSSR count). The van der Waals surface area contributed by atoms with Crippen LogP contribution in [0.25, 0.3) is 0 Å². The Morgan fingerprint density at radius 2 is 1.93 bits per heavy atom. The Hall–Kier alpha value is -2.01. The minimum absolute atomic E-state index is 0.0866. The zero-order chi connectivity index (χ0) is 20.5. The summed E-state index contributed by atoms with van der Waals surface area (Å²) in [5, 5.41) is 3.37. The van der Waals surface area contributed by atoms with Gasteiger partial charge in [0, 0.05) is 34.2 Å². The van der Waals surface area contributed by atoms with Gasteiger partial charge in [-0.25, -0.2) is 4.79 Å². The molecule has 1 aromatic rings. The Kier molecular flexibility index (Phi) is 6.04. The molecule has 0 fully saturated rings. The number of esters is 1. The van der Waals surface area contributed by atoms with Crippen molar-refractivity contribution in [1.82, 2.24) is 5.32 Å². The molecule has 0 bridgehead atoms.